The monoisotopic (exact) mass is 246 g/mol. The summed E-state index contributed by atoms with van der Waals surface area (Å²) < 4.78 is 0. The van der Waals surface area contributed by atoms with Crippen LogP contribution in [-0.4, -0.2) is 30.1 Å². The summed E-state index contributed by atoms with van der Waals surface area (Å²) in [6, 6.07) is 2.09. The highest BCUT2D eigenvalue weighted by Crippen LogP contribution is 2.39. The smallest absolute Gasteiger partial charge is 0.136 e. The van der Waals surface area contributed by atoms with Crippen molar-refractivity contribution in [3.63, 3.8) is 0 Å². The highest BCUT2D eigenvalue weighted by atomic mass is 15.2. The fourth-order valence-electron chi connectivity index (χ4n) is 2.57. The van der Waals surface area contributed by atoms with Crippen LogP contribution in [0.1, 0.15) is 50.3 Å². The van der Waals surface area contributed by atoms with Crippen molar-refractivity contribution >= 4 is 11.6 Å². The highest BCUT2D eigenvalue weighted by molar-refractivity contribution is 5.49. The number of hydrogen-bond acceptors (Lipinski definition) is 4. The highest BCUT2D eigenvalue weighted by Gasteiger charge is 2.28. The van der Waals surface area contributed by atoms with Crippen molar-refractivity contribution in [2.24, 2.45) is 0 Å². The van der Waals surface area contributed by atoms with Crippen molar-refractivity contribution in [2.75, 3.05) is 30.4 Å². The number of hydrogen-bond donors (Lipinski definition) is 1. The molecule has 0 radical (unpaired) electrons. The molecule has 1 aliphatic heterocycles. The maximum absolute atomic E-state index is 4.78. The van der Waals surface area contributed by atoms with E-state index in [9.17, 15) is 0 Å². The van der Waals surface area contributed by atoms with Gasteiger partial charge in [-0.05, 0) is 25.7 Å². The molecule has 3 rings (SSSR count). The maximum atomic E-state index is 4.78. The van der Waals surface area contributed by atoms with Crippen LogP contribution in [0.2, 0.25) is 0 Å². The second kappa shape index (κ2) is 5.12. The van der Waals surface area contributed by atoms with E-state index in [1.807, 2.05) is 7.05 Å². The van der Waals surface area contributed by atoms with Gasteiger partial charge in [-0.25, -0.2) is 9.97 Å². The molecule has 0 spiro atoms. The Balaban J connectivity index is 1.86. The molecule has 1 aromatic rings. The maximum Gasteiger partial charge on any atom is 0.136 e. The summed E-state index contributed by atoms with van der Waals surface area (Å²) in [5.74, 6) is 3.74. The van der Waals surface area contributed by atoms with Gasteiger partial charge in [0.1, 0.15) is 17.5 Å². The molecule has 2 fully saturated rings. The first-order valence-electron chi connectivity index (χ1n) is 7.18. The molecule has 0 amide bonds. The lowest BCUT2D eigenvalue weighted by Crippen LogP contribution is -2.25. The number of nitrogens with one attached hydrogen (secondary N) is 1. The van der Waals surface area contributed by atoms with Crippen LogP contribution < -0.4 is 10.2 Å². The molecule has 0 atom stereocenters. The fraction of sp³-hybridized carbons (Fsp3) is 0.714. The predicted octanol–water partition coefficient (Wildman–Crippen LogP) is 2.78. The quantitative estimate of drug-likeness (QED) is 0.890. The van der Waals surface area contributed by atoms with Gasteiger partial charge < -0.3 is 10.2 Å². The lowest BCUT2D eigenvalue weighted by atomic mass is 10.2. The first-order chi connectivity index (χ1) is 8.86. The van der Waals surface area contributed by atoms with Crippen molar-refractivity contribution < 1.29 is 0 Å². The van der Waals surface area contributed by atoms with E-state index in [0.717, 1.165) is 30.5 Å². The topological polar surface area (TPSA) is 41.0 Å². The zero-order valence-electron chi connectivity index (χ0n) is 11.2. The Hall–Kier alpha value is -1.32. The second-order valence-corrected chi connectivity index (χ2v) is 5.40. The minimum atomic E-state index is 0.615. The zero-order valence-corrected chi connectivity index (χ0v) is 11.2. The van der Waals surface area contributed by atoms with Gasteiger partial charge in [-0.15, -0.1) is 0 Å². The molecular formula is C14H22N4. The third-order valence-corrected chi connectivity index (χ3v) is 3.86. The molecule has 2 aliphatic rings. The molecule has 0 unspecified atom stereocenters. The number of anilines is 2. The van der Waals surface area contributed by atoms with Crippen molar-refractivity contribution in [3.05, 3.63) is 11.9 Å². The standard InChI is InChI=1S/C14H22N4/c1-15-12-10-13(17-14(16-12)11-6-7-11)18-8-4-2-3-5-9-18/h10-11H,2-9H2,1H3,(H,15,16,17). The van der Waals surface area contributed by atoms with Crippen LogP contribution in [-0.2, 0) is 0 Å². The van der Waals surface area contributed by atoms with E-state index in [1.165, 1.54) is 38.5 Å². The first kappa shape index (κ1) is 11.8. The van der Waals surface area contributed by atoms with Gasteiger partial charge in [0.15, 0.2) is 0 Å². The lowest BCUT2D eigenvalue weighted by Gasteiger charge is -2.22. The van der Waals surface area contributed by atoms with E-state index >= 15 is 0 Å². The summed E-state index contributed by atoms with van der Waals surface area (Å²) in [6.07, 6.45) is 7.81. The molecule has 98 valence electrons. The molecule has 0 aromatic carbocycles. The Morgan fingerprint density at radius 3 is 2.44 bits per heavy atom. The first-order valence-corrected chi connectivity index (χ1v) is 7.18. The van der Waals surface area contributed by atoms with Gasteiger partial charge in [0, 0.05) is 32.1 Å². The Labute approximate surface area is 109 Å². The fourth-order valence-corrected chi connectivity index (χ4v) is 2.57. The van der Waals surface area contributed by atoms with Crippen LogP contribution in [0, 0.1) is 0 Å². The van der Waals surface area contributed by atoms with E-state index in [1.54, 1.807) is 0 Å². The molecule has 4 heteroatoms. The molecule has 1 saturated carbocycles. The van der Waals surface area contributed by atoms with Crippen LogP contribution in [0.25, 0.3) is 0 Å². The van der Waals surface area contributed by atoms with E-state index in [4.69, 9.17) is 4.98 Å². The molecular weight excluding hydrogens is 224 g/mol. The SMILES string of the molecule is CNc1cc(N2CCCCCC2)nc(C2CC2)n1. The summed E-state index contributed by atoms with van der Waals surface area (Å²) in [5, 5.41) is 3.17. The van der Waals surface area contributed by atoms with Crippen LogP contribution in [0.3, 0.4) is 0 Å². The van der Waals surface area contributed by atoms with E-state index in [0.29, 0.717) is 5.92 Å². The van der Waals surface area contributed by atoms with Gasteiger partial charge in [0.25, 0.3) is 0 Å². The van der Waals surface area contributed by atoms with Crippen LogP contribution in [0.4, 0.5) is 11.6 Å². The Morgan fingerprint density at radius 2 is 1.83 bits per heavy atom. The Kier molecular flexibility index (Phi) is 3.35. The van der Waals surface area contributed by atoms with Gasteiger partial charge >= 0.3 is 0 Å². The Morgan fingerprint density at radius 1 is 1.11 bits per heavy atom. The summed E-state index contributed by atoms with van der Waals surface area (Å²) in [6.45, 7) is 2.29. The number of aromatic nitrogens is 2. The van der Waals surface area contributed by atoms with Crippen molar-refractivity contribution in [3.8, 4) is 0 Å². The van der Waals surface area contributed by atoms with E-state index < -0.39 is 0 Å². The summed E-state index contributed by atoms with van der Waals surface area (Å²) in [7, 11) is 1.94. The molecule has 18 heavy (non-hydrogen) atoms. The van der Waals surface area contributed by atoms with E-state index in [2.05, 4.69) is 21.3 Å². The van der Waals surface area contributed by atoms with Gasteiger partial charge in [0.05, 0.1) is 0 Å². The van der Waals surface area contributed by atoms with Gasteiger partial charge in [0.2, 0.25) is 0 Å². The largest absolute Gasteiger partial charge is 0.373 e. The van der Waals surface area contributed by atoms with Gasteiger partial charge in [-0.3, -0.25) is 0 Å². The summed E-state index contributed by atoms with van der Waals surface area (Å²) in [4.78, 5) is 11.8. The lowest BCUT2D eigenvalue weighted by molar-refractivity contribution is 0.726. The average molecular weight is 246 g/mol. The number of nitrogens with zero attached hydrogens (tertiary/aromatic N) is 3. The van der Waals surface area contributed by atoms with Gasteiger partial charge in [-0.1, -0.05) is 12.8 Å². The number of rotatable bonds is 3. The average Bonchev–Trinajstić information content (AvgIpc) is 3.24. The summed E-state index contributed by atoms with van der Waals surface area (Å²) in [5.41, 5.74) is 0. The Bertz CT molecular complexity index is 406. The predicted molar refractivity (Wildman–Crippen MR) is 74.2 cm³/mol. The second-order valence-electron chi connectivity index (χ2n) is 5.40. The molecule has 1 saturated heterocycles. The molecule has 1 N–H and O–H groups in total. The van der Waals surface area contributed by atoms with Crippen LogP contribution in [0.15, 0.2) is 6.07 Å². The van der Waals surface area contributed by atoms with Crippen LogP contribution in [0.5, 0.6) is 0 Å². The molecule has 4 nitrogen and oxygen atoms in total. The molecule has 1 aliphatic carbocycles. The molecule has 0 bridgehead atoms. The minimum Gasteiger partial charge on any atom is -0.373 e. The van der Waals surface area contributed by atoms with Crippen LogP contribution >= 0.6 is 0 Å². The molecule has 2 heterocycles. The van der Waals surface area contributed by atoms with E-state index in [-0.39, 0.29) is 0 Å². The van der Waals surface area contributed by atoms with Crippen molar-refractivity contribution in [1.29, 1.82) is 0 Å². The van der Waals surface area contributed by atoms with Crippen molar-refractivity contribution in [2.45, 2.75) is 44.4 Å². The molecule has 1 aromatic heterocycles. The third kappa shape index (κ3) is 2.57. The third-order valence-electron chi connectivity index (χ3n) is 3.86. The van der Waals surface area contributed by atoms with Crippen molar-refractivity contribution in [1.82, 2.24) is 9.97 Å². The normalized spacial score (nSPS) is 20.6. The zero-order chi connectivity index (χ0) is 12.4. The summed E-state index contributed by atoms with van der Waals surface area (Å²) >= 11 is 0. The van der Waals surface area contributed by atoms with Gasteiger partial charge in [-0.2, -0.15) is 0 Å². The minimum absolute atomic E-state index is 0.615.